The fourth-order valence-electron chi connectivity index (χ4n) is 7.86. The molecular formula is C50H44N2. The van der Waals surface area contributed by atoms with E-state index in [0.717, 1.165) is 60.9 Å². The lowest BCUT2D eigenvalue weighted by Crippen LogP contribution is -2.06. The molecule has 5 aromatic rings. The molecule has 2 nitrogen and oxygen atoms in total. The largest absolute Gasteiger partial charge is 0.233 e. The van der Waals surface area contributed by atoms with E-state index in [9.17, 15) is 0 Å². The summed E-state index contributed by atoms with van der Waals surface area (Å²) in [4.78, 5) is 10.4. The van der Waals surface area contributed by atoms with Gasteiger partial charge in [0.2, 0.25) is 0 Å². The molecule has 2 heteroatoms. The number of fused-ring (bicyclic) bond motifs is 6. The van der Waals surface area contributed by atoms with Crippen LogP contribution in [-0.2, 0) is 19.3 Å². The number of hydrogen-bond acceptors (Lipinski definition) is 1. The molecule has 0 spiro atoms. The summed E-state index contributed by atoms with van der Waals surface area (Å²) in [6.07, 6.45) is 21.5. The Morgan fingerprint density at radius 1 is 0.692 bits per heavy atom. The van der Waals surface area contributed by atoms with E-state index in [4.69, 9.17) is 9.98 Å². The predicted molar refractivity (Wildman–Crippen MR) is 222 cm³/mol. The van der Waals surface area contributed by atoms with Crippen LogP contribution in [0.1, 0.15) is 83.2 Å². The summed E-state index contributed by atoms with van der Waals surface area (Å²) < 4.78 is 0. The second-order valence-corrected chi connectivity index (χ2v) is 14.0. The molecule has 0 radical (unpaired) electrons. The number of allylic oxidation sites excluding steroid dienone is 8. The van der Waals surface area contributed by atoms with Gasteiger partial charge in [0.25, 0.3) is 0 Å². The Morgan fingerprint density at radius 2 is 1.46 bits per heavy atom. The molecule has 0 amide bonds. The minimum atomic E-state index is 0.671. The lowest BCUT2D eigenvalue weighted by atomic mass is 9.92. The van der Waals surface area contributed by atoms with Gasteiger partial charge in [-0.1, -0.05) is 134 Å². The zero-order valence-corrected chi connectivity index (χ0v) is 30.2. The molecule has 0 saturated carbocycles. The first-order chi connectivity index (χ1) is 25.6. The summed E-state index contributed by atoms with van der Waals surface area (Å²) in [5.74, 6) is 0.671. The zero-order valence-electron chi connectivity index (χ0n) is 30.2. The number of hydrogen-bond donors (Lipinski definition) is 0. The van der Waals surface area contributed by atoms with Gasteiger partial charge in [0.05, 0.1) is 5.70 Å². The molecule has 0 N–H and O–H groups in total. The summed E-state index contributed by atoms with van der Waals surface area (Å²) in [5.41, 5.74) is 19.7. The quantitative estimate of drug-likeness (QED) is 0.0828. The van der Waals surface area contributed by atoms with E-state index in [1.165, 1.54) is 61.2 Å². The van der Waals surface area contributed by atoms with E-state index >= 15 is 0 Å². The van der Waals surface area contributed by atoms with Crippen molar-refractivity contribution in [2.45, 2.75) is 52.4 Å². The Kier molecular flexibility index (Phi) is 9.46. The average Bonchev–Trinajstić information content (AvgIpc) is 3.75. The van der Waals surface area contributed by atoms with Crippen LogP contribution in [-0.4, -0.2) is 11.5 Å². The first-order valence-corrected chi connectivity index (χ1v) is 18.6. The molecule has 52 heavy (non-hydrogen) atoms. The molecule has 5 aromatic carbocycles. The standard InChI is InChI=1S/C50H44N2/c1-4-5-6-7-10-22-41-31-42(32-45-30-40-21-15-16-23-48(40)49(41)45)35(3)52-50(37-19-13-9-14-20-37)51-34(2)38-24-26-46-43(28-38)33-44-29-39(25-27-47(44)46)36-17-11-8-12-18-36/h4-7,9,11,13-21,23-29,31-32H,2,8,10,12,22,30,33H2,1,3H3/b5-4-,7-6-,51-50?,52-35?. The van der Waals surface area contributed by atoms with Gasteiger partial charge in [0.15, 0.2) is 5.84 Å². The summed E-state index contributed by atoms with van der Waals surface area (Å²) >= 11 is 0. The minimum absolute atomic E-state index is 0.671. The summed E-state index contributed by atoms with van der Waals surface area (Å²) in [5, 5.41) is 0. The molecular weight excluding hydrogens is 629 g/mol. The van der Waals surface area contributed by atoms with Crippen molar-refractivity contribution < 1.29 is 0 Å². The van der Waals surface area contributed by atoms with Crippen molar-refractivity contribution >= 4 is 22.8 Å². The van der Waals surface area contributed by atoms with Gasteiger partial charge in [-0.3, -0.25) is 0 Å². The predicted octanol–water partition coefficient (Wildman–Crippen LogP) is 12.6. The number of rotatable bonds is 9. The van der Waals surface area contributed by atoms with E-state index in [0.29, 0.717) is 11.5 Å². The third-order valence-electron chi connectivity index (χ3n) is 10.5. The van der Waals surface area contributed by atoms with Crippen LogP contribution in [0, 0.1) is 0 Å². The molecule has 0 unspecified atom stereocenters. The molecule has 0 saturated heterocycles. The highest BCUT2D eigenvalue weighted by Gasteiger charge is 2.23. The molecule has 254 valence electrons. The highest BCUT2D eigenvalue weighted by atomic mass is 14.9. The van der Waals surface area contributed by atoms with Gasteiger partial charge < -0.3 is 0 Å². The molecule has 8 rings (SSSR count). The number of aliphatic imine (C=N–C) groups is 2. The maximum absolute atomic E-state index is 5.25. The van der Waals surface area contributed by atoms with Gasteiger partial charge in [-0.15, -0.1) is 0 Å². The van der Waals surface area contributed by atoms with Crippen molar-refractivity contribution in [3.63, 3.8) is 0 Å². The normalized spacial score (nSPS) is 14.8. The maximum atomic E-state index is 5.25. The molecule has 0 atom stereocenters. The van der Waals surface area contributed by atoms with Gasteiger partial charge in [-0.05, 0) is 143 Å². The molecule has 3 aliphatic rings. The Labute approximate surface area is 308 Å². The Balaban J connectivity index is 1.11. The van der Waals surface area contributed by atoms with Crippen LogP contribution in [0.2, 0.25) is 0 Å². The van der Waals surface area contributed by atoms with E-state index in [1.807, 2.05) is 18.2 Å². The van der Waals surface area contributed by atoms with Crippen LogP contribution < -0.4 is 0 Å². The molecule has 0 aliphatic heterocycles. The van der Waals surface area contributed by atoms with Crippen LogP contribution in [0.15, 0.2) is 162 Å². The van der Waals surface area contributed by atoms with E-state index in [2.05, 4.69) is 148 Å². The van der Waals surface area contributed by atoms with Crippen LogP contribution in [0.4, 0.5) is 0 Å². The fourth-order valence-corrected chi connectivity index (χ4v) is 7.86. The molecule has 3 aliphatic carbocycles. The van der Waals surface area contributed by atoms with E-state index in [-0.39, 0.29) is 0 Å². The van der Waals surface area contributed by atoms with Crippen molar-refractivity contribution in [1.82, 2.24) is 0 Å². The van der Waals surface area contributed by atoms with Crippen molar-refractivity contribution in [2.24, 2.45) is 9.98 Å². The smallest absolute Gasteiger partial charge is 0.160 e. The second-order valence-electron chi connectivity index (χ2n) is 14.0. The van der Waals surface area contributed by atoms with Gasteiger partial charge in [-0.25, -0.2) is 9.98 Å². The van der Waals surface area contributed by atoms with Gasteiger partial charge in [0, 0.05) is 11.3 Å². The van der Waals surface area contributed by atoms with Gasteiger partial charge in [0.1, 0.15) is 0 Å². The zero-order chi connectivity index (χ0) is 35.4. The molecule has 0 fully saturated rings. The third-order valence-corrected chi connectivity index (χ3v) is 10.5. The number of nitrogens with zero attached hydrogens (tertiary/aromatic N) is 2. The van der Waals surface area contributed by atoms with Crippen molar-refractivity contribution in [3.8, 4) is 22.3 Å². The summed E-state index contributed by atoms with van der Waals surface area (Å²) in [6, 6.07) is 37.4. The second kappa shape index (κ2) is 14.8. The number of benzene rings is 5. The first kappa shape index (κ1) is 33.3. The first-order valence-electron chi connectivity index (χ1n) is 18.6. The Hall–Kier alpha value is -5.86. The van der Waals surface area contributed by atoms with E-state index in [1.54, 1.807) is 0 Å². The number of aryl methyl sites for hydroxylation is 1. The lowest BCUT2D eigenvalue weighted by molar-refractivity contribution is 1.00. The SMILES string of the molecule is C=C(N=C(N=C(C)c1cc(CC/C=C\C=C/C)c2c(c1)Cc1ccccc1-2)c1ccccc1)c1ccc2c(c1)Cc1cc(C3=CCCC=C3)ccc1-2. The van der Waals surface area contributed by atoms with E-state index < -0.39 is 0 Å². The molecule has 0 bridgehead atoms. The molecule has 0 aromatic heterocycles. The van der Waals surface area contributed by atoms with Crippen molar-refractivity contribution in [1.29, 1.82) is 0 Å². The lowest BCUT2D eigenvalue weighted by Gasteiger charge is -2.13. The summed E-state index contributed by atoms with van der Waals surface area (Å²) in [6.45, 7) is 8.64. The Bertz CT molecular complexity index is 2380. The highest BCUT2D eigenvalue weighted by Crippen LogP contribution is 2.41. The Morgan fingerprint density at radius 3 is 2.29 bits per heavy atom. The van der Waals surface area contributed by atoms with Crippen LogP contribution in [0.25, 0.3) is 33.5 Å². The van der Waals surface area contributed by atoms with Gasteiger partial charge in [-0.2, -0.15) is 0 Å². The fraction of sp³-hybridized carbons (Fsp3) is 0.160. The average molecular weight is 673 g/mol. The van der Waals surface area contributed by atoms with Crippen molar-refractivity contribution in [3.05, 3.63) is 202 Å². The minimum Gasteiger partial charge on any atom is -0.233 e. The maximum Gasteiger partial charge on any atom is 0.160 e. The third kappa shape index (κ3) is 6.77. The van der Waals surface area contributed by atoms with Gasteiger partial charge >= 0.3 is 0 Å². The highest BCUT2D eigenvalue weighted by molar-refractivity contribution is 6.13. The monoisotopic (exact) mass is 672 g/mol. The van der Waals surface area contributed by atoms with Crippen LogP contribution in [0.5, 0.6) is 0 Å². The van der Waals surface area contributed by atoms with Crippen LogP contribution >= 0.6 is 0 Å². The topological polar surface area (TPSA) is 24.7 Å². The molecule has 0 heterocycles. The number of amidine groups is 1. The van der Waals surface area contributed by atoms with Crippen molar-refractivity contribution in [2.75, 3.05) is 0 Å². The van der Waals surface area contributed by atoms with Crippen LogP contribution in [0.3, 0.4) is 0 Å². The summed E-state index contributed by atoms with van der Waals surface area (Å²) in [7, 11) is 0.